The van der Waals surface area contributed by atoms with Gasteiger partial charge in [0.15, 0.2) is 0 Å². The van der Waals surface area contributed by atoms with Crippen LogP contribution in [0.2, 0.25) is 0 Å². The van der Waals surface area contributed by atoms with Crippen molar-refractivity contribution in [3.63, 3.8) is 0 Å². The third-order valence-corrected chi connectivity index (χ3v) is 3.26. The normalized spacial score (nSPS) is 11.9. The zero-order chi connectivity index (χ0) is 14.7. The molecule has 0 saturated carbocycles. The molecule has 0 fully saturated rings. The smallest absolute Gasteiger partial charge is 0.312 e. The first kappa shape index (κ1) is 14.4. The molecule has 0 spiro atoms. The summed E-state index contributed by atoms with van der Waals surface area (Å²) < 4.78 is 6.09. The highest BCUT2D eigenvalue weighted by molar-refractivity contribution is 9.10. The quantitative estimate of drug-likeness (QED) is 0.680. The lowest BCUT2D eigenvalue weighted by Crippen LogP contribution is -2.08. The average Bonchev–Trinajstić information content (AvgIpc) is 2.41. The van der Waals surface area contributed by atoms with Gasteiger partial charge in [0.05, 0.1) is 9.40 Å². The molecular formula is C13H12BrN3O3. The molecule has 0 radical (unpaired) electrons. The van der Waals surface area contributed by atoms with E-state index in [0.717, 1.165) is 0 Å². The zero-order valence-corrected chi connectivity index (χ0v) is 12.2. The summed E-state index contributed by atoms with van der Waals surface area (Å²) in [6.07, 6.45) is 1.55. The van der Waals surface area contributed by atoms with Crippen LogP contribution < -0.4 is 10.5 Å². The van der Waals surface area contributed by atoms with Crippen LogP contribution in [0.3, 0.4) is 0 Å². The van der Waals surface area contributed by atoms with Gasteiger partial charge in [0.2, 0.25) is 11.6 Å². The van der Waals surface area contributed by atoms with E-state index in [1.165, 1.54) is 6.07 Å². The number of nitrogens with two attached hydrogens (primary N) is 1. The predicted octanol–water partition coefficient (Wildman–Crippen LogP) is 3.56. The van der Waals surface area contributed by atoms with Gasteiger partial charge in [-0.1, -0.05) is 12.1 Å². The fraction of sp³-hybridized carbons (Fsp3) is 0.154. The van der Waals surface area contributed by atoms with E-state index in [9.17, 15) is 10.1 Å². The molecule has 0 aliphatic carbocycles. The van der Waals surface area contributed by atoms with E-state index < -0.39 is 4.92 Å². The Morgan fingerprint density at radius 3 is 2.80 bits per heavy atom. The van der Waals surface area contributed by atoms with E-state index in [4.69, 9.17) is 10.5 Å². The number of hydrogen-bond acceptors (Lipinski definition) is 5. The summed E-state index contributed by atoms with van der Waals surface area (Å²) >= 11 is 3.25. The summed E-state index contributed by atoms with van der Waals surface area (Å²) in [5.74, 6) is 0.371. The molecule has 1 aromatic heterocycles. The van der Waals surface area contributed by atoms with Crippen molar-refractivity contribution >= 4 is 21.6 Å². The SMILES string of the molecule is C[C@H](N)c1cccnc1Oc1c(Br)cccc1[N+](=O)[O-]. The molecule has 0 aliphatic rings. The van der Waals surface area contributed by atoms with Crippen LogP contribution in [-0.2, 0) is 0 Å². The maximum atomic E-state index is 11.0. The topological polar surface area (TPSA) is 91.3 Å². The van der Waals surface area contributed by atoms with Gasteiger partial charge in [0.1, 0.15) is 0 Å². The van der Waals surface area contributed by atoms with Crippen LogP contribution in [0.4, 0.5) is 5.69 Å². The molecule has 6 nitrogen and oxygen atoms in total. The molecule has 1 heterocycles. The van der Waals surface area contributed by atoms with Crippen LogP contribution in [0.15, 0.2) is 41.0 Å². The lowest BCUT2D eigenvalue weighted by molar-refractivity contribution is -0.385. The molecule has 1 aromatic carbocycles. The summed E-state index contributed by atoms with van der Waals surface area (Å²) in [4.78, 5) is 14.6. The lowest BCUT2D eigenvalue weighted by atomic mass is 10.1. The minimum Gasteiger partial charge on any atom is -0.430 e. The summed E-state index contributed by atoms with van der Waals surface area (Å²) in [7, 11) is 0. The lowest BCUT2D eigenvalue weighted by Gasteiger charge is -2.13. The van der Waals surface area contributed by atoms with Crippen molar-refractivity contribution in [1.29, 1.82) is 0 Å². The van der Waals surface area contributed by atoms with Gasteiger partial charge >= 0.3 is 5.69 Å². The molecule has 2 N–H and O–H groups in total. The fourth-order valence-electron chi connectivity index (χ4n) is 1.67. The van der Waals surface area contributed by atoms with Gasteiger partial charge in [-0.25, -0.2) is 4.98 Å². The largest absolute Gasteiger partial charge is 0.430 e. The van der Waals surface area contributed by atoms with Gasteiger partial charge in [-0.3, -0.25) is 10.1 Å². The number of pyridine rings is 1. The summed E-state index contributed by atoms with van der Waals surface area (Å²) in [6.45, 7) is 1.79. The van der Waals surface area contributed by atoms with Crippen molar-refractivity contribution in [1.82, 2.24) is 4.98 Å². The zero-order valence-electron chi connectivity index (χ0n) is 10.6. The van der Waals surface area contributed by atoms with Crippen molar-refractivity contribution in [2.45, 2.75) is 13.0 Å². The molecule has 0 unspecified atom stereocenters. The van der Waals surface area contributed by atoms with Gasteiger partial charge < -0.3 is 10.5 Å². The molecule has 0 bridgehead atoms. The Labute approximate surface area is 123 Å². The number of para-hydroxylation sites is 1. The molecule has 0 amide bonds. The van der Waals surface area contributed by atoms with Crippen LogP contribution in [-0.4, -0.2) is 9.91 Å². The number of rotatable bonds is 4. The van der Waals surface area contributed by atoms with Crippen molar-refractivity contribution in [3.8, 4) is 11.6 Å². The van der Waals surface area contributed by atoms with Gasteiger partial charge in [-0.15, -0.1) is 0 Å². The Morgan fingerprint density at radius 2 is 2.15 bits per heavy atom. The molecule has 0 saturated heterocycles. The highest BCUT2D eigenvalue weighted by atomic mass is 79.9. The number of nitrogens with zero attached hydrogens (tertiary/aromatic N) is 2. The van der Waals surface area contributed by atoms with Crippen LogP contribution in [0.25, 0.3) is 0 Å². The molecular weight excluding hydrogens is 326 g/mol. The number of nitro benzene ring substituents is 1. The van der Waals surface area contributed by atoms with Crippen molar-refractivity contribution in [2.24, 2.45) is 5.73 Å². The molecule has 2 rings (SSSR count). The van der Waals surface area contributed by atoms with Crippen LogP contribution in [0.1, 0.15) is 18.5 Å². The van der Waals surface area contributed by atoms with E-state index in [-0.39, 0.29) is 23.4 Å². The molecule has 2 aromatic rings. The minimum atomic E-state index is -0.505. The summed E-state index contributed by atoms with van der Waals surface area (Å²) in [5, 5.41) is 11.0. The molecule has 7 heteroatoms. The monoisotopic (exact) mass is 337 g/mol. The second-order valence-corrected chi connectivity index (χ2v) is 4.99. The Morgan fingerprint density at radius 1 is 1.40 bits per heavy atom. The second kappa shape index (κ2) is 5.98. The average molecular weight is 338 g/mol. The Balaban J connectivity index is 2.48. The maximum absolute atomic E-state index is 11.0. The van der Waals surface area contributed by atoms with Crippen molar-refractivity contribution in [2.75, 3.05) is 0 Å². The number of halogens is 1. The molecule has 1 atom stereocenters. The standard InChI is InChI=1S/C13H12BrN3O3/c1-8(15)9-4-3-7-16-13(9)20-12-10(14)5-2-6-11(12)17(18)19/h2-8H,15H2,1H3/t8-/m0/s1. The van der Waals surface area contributed by atoms with E-state index >= 15 is 0 Å². The van der Waals surface area contributed by atoms with E-state index in [1.807, 2.05) is 0 Å². The summed E-state index contributed by atoms with van der Waals surface area (Å²) in [6, 6.07) is 7.82. The summed E-state index contributed by atoms with van der Waals surface area (Å²) in [5.41, 5.74) is 6.38. The van der Waals surface area contributed by atoms with E-state index in [1.54, 1.807) is 37.4 Å². The van der Waals surface area contributed by atoms with Crippen LogP contribution >= 0.6 is 15.9 Å². The van der Waals surface area contributed by atoms with Gasteiger partial charge in [-0.05, 0) is 35.0 Å². The Hall–Kier alpha value is -1.99. The second-order valence-electron chi connectivity index (χ2n) is 4.13. The third-order valence-electron chi connectivity index (χ3n) is 2.63. The predicted molar refractivity (Wildman–Crippen MR) is 77.7 cm³/mol. The number of benzene rings is 1. The number of ether oxygens (including phenoxy) is 1. The van der Waals surface area contributed by atoms with Crippen molar-refractivity contribution in [3.05, 3.63) is 56.7 Å². The highest BCUT2D eigenvalue weighted by Crippen LogP contribution is 2.38. The molecule has 20 heavy (non-hydrogen) atoms. The Kier molecular flexibility index (Phi) is 4.31. The van der Waals surface area contributed by atoms with Crippen LogP contribution in [0.5, 0.6) is 11.6 Å². The van der Waals surface area contributed by atoms with E-state index in [0.29, 0.717) is 10.0 Å². The first-order chi connectivity index (χ1) is 9.50. The first-order valence-corrected chi connectivity index (χ1v) is 6.61. The van der Waals surface area contributed by atoms with Crippen molar-refractivity contribution < 1.29 is 9.66 Å². The fourth-order valence-corrected chi connectivity index (χ4v) is 2.11. The first-order valence-electron chi connectivity index (χ1n) is 5.82. The number of nitro groups is 1. The van der Waals surface area contributed by atoms with Gasteiger partial charge in [0.25, 0.3) is 0 Å². The maximum Gasteiger partial charge on any atom is 0.312 e. The van der Waals surface area contributed by atoms with Gasteiger partial charge in [0, 0.05) is 23.9 Å². The Bertz CT molecular complexity index is 647. The number of hydrogen-bond donors (Lipinski definition) is 1. The third kappa shape index (κ3) is 2.94. The highest BCUT2D eigenvalue weighted by Gasteiger charge is 2.21. The molecule has 0 aliphatic heterocycles. The minimum absolute atomic E-state index is 0.109. The van der Waals surface area contributed by atoms with E-state index in [2.05, 4.69) is 20.9 Å². The van der Waals surface area contributed by atoms with Gasteiger partial charge in [-0.2, -0.15) is 0 Å². The van der Waals surface area contributed by atoms with Crippen LogP contribution in [0, 0.1) is 10.1 Å². The molecule has 104 valence electrons. The number of aromatic nitrogens is 1.